The van der Waals surface area contributed by atoms with Crippen LogP contribution in [0.1, 0.15) is 46.5 Å². The van der Waals surface area contributed by atoms with Gasteiger partial charge in [0.25, 0.3) is 0 Å². The van der Waals surface area contributed by atoms with Gasteiger partial charge >= 0.3 is 0 Å². The van der Waals surface area contributed by atoms with Crippen LogP contribution in [-0.2, 0) is 4.79 Å². The third-order valence-electron chi connectivity index (χ3n) is 4.83. The number of nitrogens with one attached hydrogen (secondary N) is 1. The molecule has 0 aromatic carbocycles. The van der Waals surface area contributed by atoms with Crippen LogP contribution >= 0.6 is 0 Å². The van der Waals surface area contributed by atoms with Gasteiger partial charge in [-0.1, -0.05) is 20.3 Å². The smallest absolute Gasteiger partial charge is 0.239 e. The lowest BCUT2D eigenvalue weighted by Crippen LogP contribution is -2.48. The molecule has 2 rings (SSSR count). The lowest BCUT2D eigenvalue weighted by Gasteiger charge is -2.30. The zero-order valence-electron chi connectivity index (χ0n) is 12.3. The predicted octanol–water partition coefficient (Wildman–Crippen LogP) is 2.27. The lowest BCUT2D eigenvalue weighted by atomic mass is 9.93. The quantitative estimate of drug-likeness (QED) is 0.832. The van der Waals surface area contributed by atoms with E-state index in [0.29, 0.717) is 23.8 Å². The van der Waals surface area contributed by atoms with Crippen molar-refractivity contribution in [2.75, 3.05) is 13.6 Å². The highest BCUT2D eigenvalue weighted by Crippen LogP contribution is 2.38. The number of hydrogen-bond donors (Lipinski definition) is 1. The molecular formula is C15H28N2O. The van der Waals surface area contributed by atoms with Gasteiger partial charge in [0.2, 0.25) is 5.91 Å². The van der Waals surface area contributed by atoms with Crippen LogP contribution in [0.3, 0.4) is 0 Å². The number of hydrogen-bond acceptors (Lipinski definition) is 2. The fourth-order valence-corrected chi connectivity index (χ4v) is 3.73. The summed E-state index contributed by atoms with van der Waals surface area (Å²) < 4.78 is 0. The Labute approximate surface area is 111 Å². The van der Waals surface area contributed by atoms with Gasteiger partial charge in [0, 0.05) is 13.1 Å². The Bertz CT molecular complexity index is 303. The Kier molecular flexibility index (Phi) is 4.31. The maximum Gasteiger partial charge on any atom is 0.239 e. The Hall–Kier alpha value is -0.570. The molecule has 1 saturated carbocycles. The highest BCUT2D eigenvalue weighted by Gasteiger charge is 2.43. The van der Waals surface area contributed by atoms with E-state index in [9.17, 15) is 4.79 Å². The number of amides is 1. The summed E-state index contributed by atoms with van der Waals surface area (Å²) in [5.74, 6) is 2.32. The van der Waals surface area contributed by atoms with Crippen molar-refractivity contribution in [2.24, 2.45) is 17.8 Å². The number of rotatable bonds is 4. The predicted molar refractivity (Wildman–Crippen MR) is 74.3 cm³/mol. The molecule has 1 saturated heterocycles. The first-order valence-electron chi connectivity index (χ1n) is 7.50. The first-order valence-corrected chi connectivity index (χ1v) is 7.50. The minimum Gasteiger partial charge on any atom is -0.342 e. The zero-order valence-corrected chi connectivity index (χ0v) is 12.3. The fourth-order valence-electron chi connectivity index (χ4n) is 3.73. The van der Waals surface area contributed by atoms with Crippen LogP contribution in [0, 0.1) is 17.8 Å². The molecule has 0 aromatic heterocycles. The van der Waals surface area contributed by atoms with E-state index in [1.807, 2.05) is 11.9 Å². The van der Waals surface area contributed by atoms with Crippen LogP contribution in [-0.4, -0.2) is 36.5 Å². The minimum atomic E-state index is 0.0945. The Morgan fingerprint density at radius 1 is 1.33 bits per heavy atom. The summed E-state index contributed by atoms with van der Waals surface area (Å²) in [5.41, 5.74) is 0. The monoisotopic (exact) mass is 252 g/mol. The van der Waals surface area contributed by atoms with Gasteiger partial charge in [-0.05, 0) is 50.5 Å². The van der Waals surface area contributed by atoms with Gasteiger partial charge in [-0.2, -0.15) is 0 Å². The molecule has 1 heterocycles. The highest BCUT2D eigenvalue weighted by molar-refractivity contribution is 5.82. The molecule has 3 nitrogen and oxygen atoms in total. The van der Waals surface area contributed by atoms with Gasteiger partial charge < -0.3 is 10.2 Å². The lowest BCUT2D eigenvalue weighted by molar-refractivity contribution is -0.134. The Balaban J connectivity index is 1.94. The standard InChI is InChI=1S/C15H28N2O/c1-10(2)8-11(3)17(4)15(18)14-13-7-5-6-12(13)9-16-14/h10-14,16H,5-9H2,1-4H3. The second-order valence-electron chi connectivity index (χ2n) is 6.67. The van der Waals surface area contributed by atoms with E-state index in [-0.39, 0.29) is 6.04 Å². The SMILES string of the molecule is CC(C)CC(C)N(C)C(=O)C1NCC2CCCC21. The van der Waals surface area contributed by atoms with Gasteiger partial charge in [-0.25, -0.2) is 0 Å². The molecule has 0 bridgehead atoms. The van der Waals surface area contributed by atoms with Gasteiger partial charge in [-0.3, -0.25) is 4.79 Å². The van der Waals surface area contributed by atoms with Crippen molar-refractivity contribution in [3.05, 3.63) is 0 Å². The van der Waals surface area contributed by atoms with E-state index in [1.54, 1.807) is 0 Å². The number of carbonyl (C=O) groups excluding carboxylic acids is 1. The van der Waals surface area contributed by atoms with E-state index >= 15 is 0 Å². The molecule has 4 unspecified atom stereocenters. The van der Waals surface area contributed by atoms with E-state index in [4.69, 9.17) is 0 Å². The molecule has 4 atom stereocenters. The molecule has 3 heteroatoms. The van der Waals surface area contributed by atoms with Crippen molar-refractivity contribution in [2.45, 2.75) is 58.5 Å². The third kappa shape index (κ3) is 2.71. The van der Waals surface area contributed by atoms with Crippen LogP contribution in [0.5, 0.6) is 0 Å². The summed E-state index contributed by atoms with van der Waals surface area (Å²) in [6.45, 7) is 7.65. The van der Waals surface area contributed by atoms with Crippen molar-refractivity contribution in [3.8, 4) is 0 Å². The first-order chi connectivity index (χ1) is 8.50. The van der Waals surface area contributed by atoms with Crippen LogP contribution < -0.4 is 5.32 Å². The molecule has 0 aromatic rings. The van der Waals surface area contributed by atoms with E-state index in [1.165, 1.54) is 19.3 Å². The Morgan fingerprint density at radius 3 is 2.72 bits per heavy atom. The van der Waals surface area contributed by atoms with Crippen molar-refractivity contribution >= 4 is 5.91 Å². The molecule has 1 N–H and O–H groups in total. The van der Waals surface area contributed by atoms with Crippen LogP contribution in [0.2, 0.25) is 0 Å². The maximum atomic E-state index is 12.6. The largest absolute Gasteiger partial charge is 0.342 e. The maximum absolute atomic E-state index is 12.6. The molecule has 1 amide bonds. The van der Waals surface area contributed by atoms with Crippen molar-refractivity contribution in [1.29, 1.82) is 0 Å². The Morgan fingerprint density at radius 2 is 2.06 bits per heavy atom. The fraction of sp³-hybridized carbons (Fsp3) is 0.933. The van der Waals surface area contributed by atoms with Gasteiger partial charge in [-0.15, -0.1) is 0 Å². The third-order valence-corrected chi connectivity index (χ3v) is 4.83. The summed E-state index contributed by atoms with van der Waals surface area (Å²) >= 11 is 0. The second kappa shape index (κ2) is 5.60. The summed E-state index contributed by atoms with van der Waals surface area (Å²) in [4.78, 5) is 14.5. The van der Waals surface area contributed by atoms with Gasteiger partial charge in [0.1, 0.15) is 0 Å². The van der Waals surface area contributed by atoms with Crippen LogP contribution in [0.15, 0.2) is 0 Å². The number of likely N-dealkylation sites (N-methyl/N-ethyl adjacent to an activating group) is 1. The average molecular weight is 252 g/mol. The van der Waals surface area contributed by atoms with Crippen molar-refractivity contribution < 1.29 is 4.79 Å². The molecule has 0 radical (unpaired) electrons. The molecule has 2 fully saturated rings. The molecule has 1 aliphatic heterocycles. The van der Waals surface area contributed by atoms with Crippen molar-refractivity contribution in [3.63, 3.8) is 0 Å². The summed E-state index contributed by atoms with van der Waals surface area (Å²) in [6, 6.07) is 0.442. The topological polar surface area (TPSA) is 32.3 Å². The molecule has 0 spiro atoms. The van der Waals surface area contributed by atoms with Gasteiger partial charge in [0.15, 0.2) is 0 Å². The molecule has 104 valence electrons. The van der Waals surface area contributed by atoms with E-state index in [0.717, 1.165) is 18.9 Å². The number of carbonyl (C=O) groups is 1. The zero-order chi connectivity index (χ0) is 13.3. The van der Waals surface area contributed by atoms with Crippen LogP contribution in [0.25, 0.3) is 0 Å². The van der Waals surface area contributed by atoms with Gasteiger partial charge in [0.05, 0.1) is 6.04 Å². The molecule has 1 aliphatic carbocycles. The van der Waals surface area contributed by atoms with E-state index < -0.39 is 0 Å². The highest BCUT2D eigenvalue weighted by atomic mass is 16.2. The summed E-state index contributed by atoms with van der Waals surface area (Å²) in [7, 11) is 1.97. The van der Waals surface area contributed by atoms with E-state index in [2.05, 4.69) is 26.1 Å². The number of fused-ring (bicyclic) bond motifs is 1. The minimum absolute atomic E-state index is 0.0945. The number of nitrogens with zero attached hydrogens (tertiary/aromatic N) is 1. The molecular weight excluding hydrogens is 224 g/mol. The molecule has 2 aliphatic rings. The first kappa shape index (κ1) is 13.9. The van der Waals surface area contributed by atoms with Crippen molar-refractivity contribution in [1.82, 2.24) is 10.2 Å². The normalized spacial score (nSPS) is 32.6. The van der Waals surface area contributed by atoms with Crippen LogP contribution in [0.4, 0.5) is 0 Å². The summed E-state index contributed by atoms with van der Waals surface area (Å²) in [6.07, 6.45) is 4.95. The molecule has 18 heavy (non-hydrogen) atoms. The average Bonchev–Trinajstić information content (AvgIpc) is 2.87. The second-order valence-corrected chi connectivity index (χ2v) is 6.67. The summed E-state index contributed by atoms with van der Waals surface area (Å²) in [5, 5.41) is 3.46.